The van der Waals surface area contributed by atoms with Crippen LogP contribution in [0, 0.1) is 17.8 Å². The van der Waals surface area contributed by atoms with E-state index < -0.39 is 20.0 Å². The molecule has 4 aliphatic heterocycles. The molecule has 1 N–H and O–H groups in total. The molecule has 0 aliphatic carbocycles. The van der Waals surface area contributed by atoms with E-state index in [9.17, 15) is 26.4 Å². The third kappa shape index (κ3) is 7.28. The number of sulfonamides is 2. The molecule has 2 amide bonds. The lowest BCUT2D eigenvalue weighted by Crippen LogP contribution is -2.42. The third-order valence-electron chi connectivity index (χ3n) is 10.6. The molecule has 252 valence electrons. The number of anilines is 2. The molecule has 6 rings (SSSR count). The van der Waals surface area contributed by atoms with Gasteiger partial charge in [0.1, 0.15) is 0 Å². The summed E-state index contributed by atoms with van der Waals surface area (Å²) in [7, 11) is -6.29. The predicted molar refractivity (Wildman–Crippen MR) is 181 cm³/mol. The number of nitrogens with zero attached hydrogens (tertiary/aromatic N) is 4. The van der Waals surface area contributed by atoms with Gasteiger partial charge in [0.2, 0.25) is 26.0 Å². The zero-order valence-electron chi connectivity index (χ0n) is 27.0. The molecule has 0 bridgehead atoms. The van der Waals surface area contributed by atoms with Crippen molar-refractivity contribution in [2.45, 2.75) is 51.4 Å². The Hall–Kier alpha value is -2.58. The van der Waals surface area contributed by atoms with Crippen molar-refractivity contribution in [2.75, 3.05) is 75.1 Å². The smallest absolute Gasteiger partial charge is 0.258 e. The molecule has 1 unspecified atom stereocenters. The molecule has 0 radical (unpaired) electrons. The van der Waals surface area contributed by atoms with Gasteiger partial charge >= 0.3 is 0 Å². The first-order valence-corrected chi connectivity index (χ1v) is 20.4. The van der Waals surface area contributed by atoms with Crippen LogP contribution in [0.5, 0.6) is 0 Å². The van der Waals surface area contributed by atoms with E-state index >= 15 is 0 Å². The van der Waals surface area contributed by atoms with Gasteiger partial charge in [0, 0.05) is 61.3 Å². The third-order valence-corrected chi connectivity index (χ3v) is 13.2. The summed E-state index contributed by atoms with van der Waals surface area (Å²) in [5, 5.41) is 4.95. The Kier molecular flexibility index (Phi) is 9.78. The van der Waals surface area contributed by atoms with E-state index in [-0.39, 0.29) is 17.7 Å². The van der Waals surface area contributed by atoms with E-state index in [0.717, 1.165) is 86.6 Å². The normalized spacial score (nSPS) is 23.0. The van der Waals surface area contributed by atoms with Crippen LogP contribution in [-0.4, -0.2) is 107 Å². The number of piperidine rings is 3. The number of hydrogen-bond acceptors (Lipinski definition) is 7. The number of carbonyl (C=O) groups is 2. The van der Waals surface area contributed by atoms with Gasteiger partial charge in [-0.3, -0.25) is 9.59 Å². The van der Waals surface area contributed by atoms with Crippen LogP contribution in [0.3, 0.4) is 0 Å². The highest BCUT2D eigenvalue weighted by Crippen LogP contribution is 2.41. The molecule has 0 saturated carbocycles. The highest BCUT2D eigenvalue weighted by molar-refractivity contribution is 7.88. The number of rotatable bonds is 10. The SMILES string of the molecule is CS(=O)(=O)N1CCC(CCN2CCCC(C(=O)Nc3ccc4c5c(cccc35)C(=O)N4CCC3CCN(S(C)(=O)=O)CC3)C2)CC1. The monoisotopic (exact) mass is 673 g/mol. The Morgan fingerprint density at radius 1 is 0.804 bits per heavy atom. The van der Waals surface area contributed by atoms with Crippen LogP contribution in [0.25, 0.3) is 10.8 Å². The van der Waals surface area contributed by atoms with E-state index in [1.807, 2.05) is 35.2 Å². The summed E-state index contributed by atoms with van der Waals surface area (Å²) in [5.41, 5.74) is 2.25. The van der Waals surface area contributed by atoms with Gasteiger partial charge in [0.05, 0.1) is 24.1 Å². The lowest BCUT2D eigenvalue weighted by atomic mass is 9.92. The first-order valence-electron chi connectivity index (χ1n) is 16.7. The van der Waals surface area contributed by atoms with Crippen LogP contribution in [0.2, 0.25) is 0 Å². The molecule has 3 fully saturated rings. The maximum atomic E-state index is 13.6. The molecular formula is C33H47N5O6S2. The quantitative estimate of drug-likeness (QED) is 0.409. The minimum Gasteiger partial charge on any atom is -0.325 e. The predicted octanol–water partition coefficient (Wildman–Crippen LogP) is 3.57. The molecule has 11 nitrogen and oxygen atoms in total. The second kappa shape index (κ2) is 13.5. The number of amides is 2. The average molecular weight is 674 g/mol. The summed E-state index contributed by atoms with van der Waals surface area (Å²) in [6, 6.07) is 9.56. The Bertz CT molecular complexity index is 1680. The Labute approximate surface area is 273 Å². The van der Waals surface area contributed by atoms with Crippen LogP contribution in [0.1, 0.15) is 61.7 Å². The number of hydrogen-bond donors (Lipinski definition) is 1. The van der Waals surface area contributed by atoms with E-state index in [0.29, 0.717) is 56.7 Å². The topological polar surface area (TPSA) is 127 Å². The van der Waals surface area contributed by atoms with Gasteiger partial charge in [-0.15, -0.1) is 0 Å². The van der Waals surface area contributed by atoms with Crippen molar-refractivity contribution >= 4 is 54.0 Å². The molecule has 2 aromatic rings. The second-order valence-corrected chi connectivity index (χ2v) is 17.7. The van der Waals surface area contributed by atoms with Crippen molar-refractivity contribution in [3.05, 3.63) is 35.9 Å². The summed E-state index contributed by atoms with van der Waals surface area (Å²) in [6.45, 7) is 5.43. The summed E-state index contributed by atoms with van der Waals surface area (Å²) >= 11 is 0. The Balaban J connectivity index is 1.05. The zero-order chi connectivity index (χ0) is 32.6. The largest absolute Gasteiger partial charge is 0.325 e. The van der Waals surface area contributed by atoms with Gasteiger partial charge < -0.3 is 15.1 Å². The minimum atomic E-state index is -3.17. The zero-order valence-corrected chi connectivity index (χ0v) is 28.6. The molecule has 4 aliphatic rings. The van der Waals surface area contributed by atoms with Gasteiger partial charge in [0.25, 0.3) is 5.91 Å². The molecule has 4 heterocycles. The van der Waals surface area contributed by atoms with Crippen molar-refractivity contribution in [3.63, 3.8) is 0 Å². The minimum absolute atomic E-state index is 0.00785. The summed E-state index contributed by atoms with van der Waals surface area (Å²) < 4.78 is 50.5. The Morgan fingerprint density at radius 3 is 2.02 bits per heavy atom. The van der Waals surface area contributed by atoms with Gasteiger partial charge in [-0.1, -0.05) is 12.1 Å². The fraction of sp³-hybridized carbons (Fsp3) is 0.636. The van der Waals surface area contributed by atoms with E-state index in [1.54, 1.807) is 4.31 Å². The maximum absolute atomic E-state index is 13.6. The van der Waals surface area contributed by atoms with Crippen LogP contribution < -0.4 is 10.2 Å². The van der Waals surface area contributed by atoms with Crippen LogP contribution >= 0.6 is 0 Å². The van der Waals surface area contributed by atoms with Gasteiger partial charge in [0.15, 0.2) is 0 Å². The first-order chi connectivity index (χ1) is 21.9. The van der Waals surface area contributed by atoms with Crippen LogP contribution in [0.4, 0.5) is 11.4 Å². The fourth-order valence-corrected chi connectivity index (χ4v) is 9.57. The highest BCUT2D eigenvalue weighted by Gasteiger charge is 2.33. The second-order valence-electron chi connectivity index (χ2n) is 13.7. The lowest BCUT2D eigenvalue weighted by Gasteiger charge is -2.35. The van der Waals surface area contributed by atoms with E-state index in [2.05, 4.69) is 10.2 Å². The van der Waals surface area contributed by atoms with Crippen molar-refractivity contribution in [1.82, 2.24) is 13.5 Å². The lowest BCUT2D eigenvalue weighted by molar-refractivity contribution is -0.121. The Morgan fingerprint density at radius 2 is 1.41 bits per heavy atom. The molecule has 0 spiro atoms. The molecule has 1 atom stereocenters. The summed E-state index contributed by atoms with van der Waals surface area (Å²) in [5.74, 6) is 0.745. The summed E-state index contributed by atoms with van der Waals surface area (Å²) in [4.78, 5) is 31.3. The van der Waals surface area contributed by atoms with E-state index in [1.165, 1.54) is 16.8 Å². The molecule has 2 aromatic carbocycles. The van der Waals surface area contributed by atoms with Crippen molar-refractivity contribution in [3.8, 4) is 0 Å². The molecule has 46 heavy (non-hydrogen) atoms. The van der Waals surface area contributed by atoms with Gasteiger partial charge in [-0.05, 0) is 94.5 Å². The van der Waals surface area contributed by atoms with Crippen molar-refractivity contribution in [2.24, 2.45) is 17.8 Å². The average Bonchev–Trinajstić information content (AvgIpc) is 3.31. The van der Waals surface area contributed by atoms with E-state index in [4.69, 9.17) is 0 Å². The van der Waals surface area contributed by atoms with Gasteiger partial charge in [-0.2, -0.15) is 0 Å². The molecular weight excluding hydrogens is 627 g/mol. The van der Waals surface area contributed by atoms with Crippen LogP contribution in [0.15, 0.2) is 30.3 Å². The van der Waals surface area contributed by atoms with Gasteiger partial charge in [-0.25, -0.2) is 25.4 Å². The molecule has 3 saturated heterocycles. The number of nitrogens with one attached hydrogen (secondary N) is 1. The van der Waals surface area contributed by atoms with Crippen LogP contribution in [-0.2, 0) is 24.8 Å². The summed E-state index contributed by atoms with van der Waals surface area (Å²) in [6.07, 6.45) is 9.55. The molecule has 0 aromatic heterocycles. The number of carbonyl (C=O) groups excluding carboxylic acids is 2. The number of likely N-dealkylation sites (tertiary alicyclic amines) is 1. The molecule has 13 heteroatoms. The fourth-order valence-electron chi connectivity index (χ4n) is 7.82. The standard InChI is InChI=1S/C33H47N5O6S2/c1-45(41,42)36-18-11-24(12-19-36)10-17-35-16-4-5-26(23-35)32(39)34-29-8-9-30-31-27(29)6-3-7-28(31)33(40)38(30)22-15-25-13-20-37(21-14-25)46(2,43)44/h3,6-9,24-26H,4-5,10-23H2,1-2H3,(H,34,39). The maximum Gasteiger partial charge on any atom is 0.258 e. The highest BCUT2D eigenvalue weighted by atomic mass is 32.2. The van der Waals surface area contributed by atoms with Crippen molar-refractivity contribution < 1.29 is 26.4 Å². The number of benzene rings is 2. The first kappa shape index (κ1) is 33.3. The van der Waals surface area contributed by atoms with Crippen molar-refractivity contribution in [1.29, 1.82) is 0 Å².